The van der Waals surface area contributed by atoms with Crippen LogP contribution in [0.5, 0.6) is 5.75 Å². The first-order valence-electron chi connectivity index (χ1n) is 6.65. The van der Waals surface area contributed by atoms with Crippen molar-refractivity contribution in [2.24, 2.45) is 7.05 Å². The Bertz CT molecular complexity index is 566. The number of hydrogen-bond acceptors (Lipinski definition) is 4. The van der Waals surface area contributed by atoms with Gasteiger partial charge in [0, 0.05) is 19.8 Å². The second kappa shape index (κ2) is 6.43. The number of aliphatic hydroxyl groups is 1. The molecule has 108 valence electrons. The summed E-state index contributed by atoms with van der Waals surface area (Å²) in [6.07, 6.45) is 3.01. The maximum atomic E-state index is 9.92. The van der Waals surface area contributed by atoms with Crippen LogP contribution in [-0.4, -0.2) is 34.1 Å². The molecule has 5 heteroatoms. The van der Waals surface area contributed by atoms with Gasteiger partial charge in [-0.15, -0.1) is 0 Å². The van der Waals surface area contributed by atoms with Crippen molar-refractivity contribution in [2.75, 3.05) is 18.5 Å². The minimum absolute atomic E-state index is 0.261. The van der Waals surface area contributed by atoms with E-state index in [1.165, 1.54) is 0 Å². The van der Waals surface area contributed by atoms with Crippen LogP contribution in [0.2, 0.25) is 0 Å². The number of anilines is 1. The number of aromatic nitrogens is 2. The maximum Gasteiger partial charge on any atom is 0.122 e. The molecule has 20 heavy (non-hydrogen) atoms. The Hall–Kier alpha value is -2.01. The first-order valence-corrected chi connectivity index (χ1v) is 6.65. The molecule has 0 saturated heterocycles. The van der Waals surface area contributed by atoms with Gasteiger partial charge in [-0.05, 0) is 31.0 Å². The van der Waals surface area contributed by atoms with E-state index in [4.69, 9.17) is 4.74 Å². The van der Waals surface area contributed by atoms with Crippen LogP contribution in [0.15, 0.2) is 30.6 Å². The molecule has 0 aliphatic heterocycles. The van der Waals surface area contributed by atoms with E-state index in [2.05, 4.69) is 10.4 Å². The van der Waals surface area contributed by atoms with Crippen molar-refractivity contribution in [3.8, 4) is 5.75 Å². The van der Waals surface area contributed by atoms with Crippen LogP contribution in [0.1, 0.15) is 11.1 Å². The van der Waals surface area contributed by atoms with Crippen molar-refractivity contribution < 1.29 is 9.84 Å². The highest BCUT2D eigenvalue weighted by Gasteiger charge is 2.07. The molecule has 0 aliphatic carbocycles. The topological polar surface area (TPSA) is 59.3 Å². The molecule has 0 amide bonds. The molecule has 0 radical (unpaired) electrons. The minimum atomic E-state index is -0.574. The van der Waals surface area contributed by atoms with Gasteiger partial charge < -0.3 is 15.2 Å². The lowest BCUT2D eigenvalue weighted by atomic mass is 10.1. The van der Waals surface area contributed by atoms with E-state index in [1.54, 1.807) is 10.9 Å². The van der Waals surface area contributed by atoms with Gasteiger partial charge in [0.2, 0.25) is 0 Å². The Kier molecular flexibility index (Phi) is 4.63. The van der Waals surface area contributed by atoms with Crippen LogP contribution in [0.3, 0.4) is 0 Å². The van der Waals surface area contributed by atoms with Crippen molar-refractivity contribution in [1.82, 2.24) is 9.78 Å². The number of rotatable bonds is 6. The zero-order valence-corrected chi connectivity index (χ0v) is 12.1. The summed E-state index contributed by atoms with van der Waals surface area (Å²) in [5.41, 5.74) is 3.11. The normalized spacial score (nSPS) is 12.2. The average molecular weight is 275 g/mol. The fraction of sp³-hybridized carbons (Fsp3) is 0.400. The minimum Gasteiger partial charge on any atom is -0.491 e. The third-order valence-corrected chi connectivity index (χ3v) is 3.02. The molecule has 1 unspecified atom stereocenters. The van der Waals surface area contributed by atoms with E-state index in [0.717, 1.165) is 22.6 Å². The predicted molar refractivity (Wildman–Crippen MR) is 79.1 cm³/mol. The summed E-state index contributed by atoms with van der Waals surface area (Å²) in [6.45, 7) is 4.70. The van der Waals surface area contributed by atoms with Gasteiger partial charge in [-0.25, -0.2) is 0 Å². The maximum absolute atomic E-state index is 9.92. The molecule has 0 spiro atoms. The number of hydrogen-bond donors (Lipinski definition) is 2. The van der Waals surface area contributed by atoms with Crippen molar-refractivity contribution in [1.29, 1.82) is 0 Å². The molecule has 1 atom stereocenters. The van der Waals surface area contributed by atoms with Crippen molar-refractivity contribution >= 4 is 5.69 Å². The van der Waals surface area contributed by atoms with Gasteiger partial charge in [-0.1, -0.05) is 12.1 Å². The molecule has 0 fully saturated rings. The van der Waals surface area contributed by atoms with E-state index in [-0.39, 0.29) is 6.61 Å². The molecular formula is C15H21N3O2. The van der Waals surface area contributed by atoms with Crippen molar-refractivity contribution in [3.63, 3.8) is 0 Å². The Morgan fingerprint density at radius 2 is 2.20 bits per heavy atom. The van der Waals surface area contributed by atoms with Gasteiger partial charge in [0.15, 0.2) is 0 Å². The Labute approximate surface area is 119 Å². The molecule has 2 N–H and O–H groups in total. The summed E-state index contributed by atoms with van der Waals surface area (Å²) >= 11 is 0. The van der Waals surface area contributed by atoms with Crippen LogP contribution in [-0.2, 0) is 7.05 Å². The van der Waals surface area contributed by atoms with Crippen LogP contribution in [0, 0.1) is 13.8 Å². The third kappa shape index (κ3) is 3.99. The van der Waals surface area contributed by atoms with E-state index >= 15 is 0 Å². The largest absolute Gasteiger partial charge is 0.491 e. The monoisotopic (exact) mass is 275 g/mol. The molecule has 0 bridgehead atoms. The van der Waals surface area contributed by atoms with Gasteiger partial charge in [0.25, 0.3) is 0 Å². The second-order valence-electron chi connectivity index (χ2n) is 5.02. The van der Waals surface area contributed by atoms with E-state index in [9.17, 15) is 5.11 Å². The van der Waals surface area contributed by atoms with Gasteiger partial charge in [0.05, 0.1) is 11.9 Å². The first-order chi connectivity index (χ1) is 9.54. The van der Waals surface area contributed by atoms with Gasteiger partial charge in [-0.2, -0.15) is 5.10 Å². The Morgan fingerprint density at radius 1 is 1.40 bits per heavy atom. The van der Waals surface area contributed by atoms with Crippen LogP contribution in [0.4, 0.5) is 5.69 Å². The molecule has 1 aromatic heterocycles. The predicted octanol–water partition coefficient (Wildman–Crippen LogP) is 1.89. The molecular weight excluding hydrogens is 254 g/mol. The van der Waals surface area contributed by atoms with Crippen LogP contribution in [0.25, 0.3) is 0 Å². The van der Waals surface area contributed by atoms with E-state index in [0.29, 0.717) is 6.54 Å². The van der Waals surface area contributed by atoms with E-state index in [1.807, 2.05) is 45.3 Å². The third-order valence-electron chi connectivity index (χ3n) is 3.02. The summed E-state index contributed by atoms with van der Waals surface area (Å²) in [6, 6.07) is 6.05. The quantitative estimate of drug-likeness (QED) is 0.845. The number of benzene rings is 1. The second-order valence-corrected chi connectivity index (χ2v) is 5.02. The Balaban J connectivity index is 1.80. The lowest BCUT2D eigenvalue weighted by Gasteiger charge is -2.15. The zero-order valence-electron chi connectivity index (χ0n) is 12.1. The van der Waals surface area contributed by atoms with Gasteiger partial charge in [0.1, 0.15) is 18.5 Å². The number of nitrogens with zero attached hydrogens (tertiary/aromatic N) is 2. The van der Waals surface area contributed by atoms with Gasteiger partial charge in [-0.3, -0.25) is 4.68 Å². The SMILES string of the molecule is Cc1ccc(C)c(OCC(O)CNc2cnn(C)c2)c1. The molecule has 0 saturated carbocycles. The number of aryl methyl sites for hydroxylation is 3. The highest BCUT2D eigenvalue weighted by Crippen LogP contribution is 2.19. The summed E-state index contributed by atoms with van der Waals surface area (Å²) in [4.78, 5) is 0. The summed E-state index contributed by atoms with van der Waals surface area (Å²) in [7, 11) is 1.85. The summed E-state index contributed by atoms with van der Waals surface area (Å²) < 4.78 is 7.37. The van der Waals surface area contributed by atoms with Crippen molar-refractivity contribution in [3.05, 3.63) is 41.7 Å². The molecule has 2 rings (SSSR count). The fourth-order valence-corrected chi connectivity index (χ4v) is 1.86. The average Bonchev–Trinajstić information content (AvgIpc) is 2.83. The number of nitrogens with one attached hydrogen (secondary N) is 1. The molecule has 1 heterocycles. The number of ether oxygens (including phenoxy) is 1. The first kappa shape index (κ1) is 14.4. The lowest BCUT2D eigenvalue weighted by Crippen LogP contribution is -2.26. The molecule has 2 aromatic rings. The zero-order chi connectivity index (χ0) is 14.5. The fourth-order valence-electron chi connectivity index (χ4n) is 1.86. The molecule has 0 aliphatic rings. The van der Waals surface area contributed by atoms with E-state index < -0.39 is 6.10 Å². The number of aliphatic hydroxyl groups excluding tert-OH is 1. The Morgan fingerprint density at radius 3 is 2.90 bits per heavy atom. The standard InChI is InChI=1S/C15H21N3O2/c1-11-4-5-12(2)15(6-11)20-10-14(19)8-16-13-7-17-18(3)9-13/h4-7,9,14,16,19H,8,10H2,1-3H3. The summed E-state index contributed by atoms with van der Waals surface area (Å²) in [5.74, 6) is 0.824. The lowest BCUT2D eigenvalue weighted by molar-refractivity contribution is 0.117. The van der Waals surface area contributed by atoms with Gasteiger partial charge >= 0.3 is 0 Å². The highest BCUT2D eigenvalue weighted by atomic mass is 16.5. The summed E-state index contributed by atoms with van der Waals surface area (Å²) in [5, 5.41) is 17.1. The smallest absolute Gasteiger partial charge is 0.122 e. The molecule has 5 nitrogen and oxygen atoms in total. The van der Waals surface area contributed by atoms with Crippen LogP contribution >= 0.6 is 0 Å². The van der Waals surface area contributed by atoms with Crippen molar-refractivity contribution in [2.45, 2.75) is 20.0 Å². The molecule has 1 aromatic carbocycles. The highest BCUT2D eigenvalue weighted by molar-refractivity contribution is 5.38. The van der Waals surface area contributed by atoms with Crippen LogP contribution < -0.4 is 10.1 Å².